The van der Waals surface area contributed by atoms with Gasteiger partial charge in [-0.15, -0.1) is 11.3 Å². The van der Waals surface area contributed by atoms with Crippen LogP contribution in [0.15, 0.2) is 57.9 Å². The highest BCUT2D eigenvalue weighted by Gasteiger charge is 2.21. The van der Waals surface area contributed by atoms with Crippen LogP contribution in [-0.4, -0.2) is 28.4 Å². The Morgan fingerprint density at radius 3 is 2.65 bits per heavy atom. The van der Waals surface area contributed by atoms with Gasteiger partial charge in [-0.05, 0) is 42.7 Å². The van der Waals surface area contributed by atoms with Crippen LogP contribution >= 0.6 is 0 Å². The Balaban J connectivity index is 1.87. The topological polar surface area (TPSA) is 91.6 Å². The normalized spacial score (nSPS) is 11.5. The van der Waals surface area contributed by atoms with Crippen molar-refractivity contribution in [3.8, 4) is 12.3 Å². The van der Waals surface area contributed by atoms with Crippen molar-refractivity contribution >= 4 is 38.7 Å². The first-order valence-electron chi connectivity index (χ1n) is 9.56. The lowest BCUT2D eigenvalue weighted by Gasteiger charge is -2.17. The van der Waals surface area contributed by atoms with E-state index in [0.29, 0.717) is 28.0 Å². The number of benzene rings is 2. The molecule has 0 radical (unpaired) electrons. The Kier molecular flexibility index (Phi) is 6.49. The SMILES string of the molecule is C#Cc1oc2ccc(C(=O)NNS(=O)(=O)c3ccccc3N(C)C)cc2c1/C=C\CC. The number of carbonyl (C=O) groups is 1. The quantitative estimate of drug-likeness (QED) is 0.436. The average molecular weight is 438 g/mol. The van der Waals surface area contributed by atoms with Crippen molar-refractivity contribution in [3.63, 3.8) is 0 Å². The molecule has 8 heteroatoms. The van der Waals surface area contributed by atoms with Crippen LogP contribution in [-0.2, 0) is 10.0 Å². The number of terminal acetylenes is 1. The summed E-state index contributed by atoms with van der Waals surface area (Å²) in [6, 6.07) is 11.3. The summed E-state index contributed by atoms with van der Waals surface area (Å²) in [5, 5.41) is 0.672. The van der Waals surface area contributed by atoms with Gasteiger partial charge in [-0.25, -0.2) is 8.42 Å². The van der Waals surface area contributed by atoms with E-state index in [4.69, 9.17) is 10.8 Å². The Morgan fingerprint density at radius 2 is 1.97 bits per heavy atom. The third-order valence-corrected chi connectivity index (χ3v) is 5.87. The molecule has 160 valence electrons. The van der Waals surface area contributed by atoms with Gasteiger partial charge in [0.05, 0.1) is 5.69 Å². The summed E-state index contributed by atoms with van der Waals surface area (Å²) in [6.07, 6.45) is 10.1. The lowest BCUT2D eigenvalue weighted by molar-refractivity contribution is 0.0945. The monoisotopic (exact) mass is 437 g/mol. The molecular weight excluding hydrogens is 414 g/mol. The van der Waals surface area contributed by atoms with Gasteiger partial charge in [-0.3, -0.25) is 10.2 Å². The summed E-state index contributed by atoms with van der Waals surface area (Å²) >= 11 is 0. The largest absolute Gasteiger partial charge is 0.447 e. The maximum absolute atomic E-state index is 12.7. The molecule has 31 heavy (non-hydrogen) atoms. The van der Waals surface area contributed by atoms with Gasteiger partial charge in [0.1, 0.15) is 10.5 Å². The molecule has 3 rings (SSSR count). The molecule has 0 aliphatic rings. The first-order chi connectivity index (χ1) is 14.8. The summed E-state index contributed by atoms with van der Waals surface area (Å²) in [6.45, 7) is 1.99. The first-order valence-corrected chi connectivity index (χ1v) is 11.0. The molecule has 0 spiro atoms. The van der Waals surface area contributed by atoms with Crippen LogP contribution in [0.4, 0.5) is 5.69 Å². The third kappa shape index (κ3) is 4.63. The summed E-state index contributed by atoms with van der Waals surface area (Å²) in [5.74, 6) is 2.27. The average Bonchev–Trinajstić information content (AvgIpc) is 3.12. The van der Waals surface area contributed by atoms with Gasteiger partial charge in [0.2, 0.25) is 0 Å². The van der Waals surface area contributed by atoms with E-state index in [9.17, 15) is 13.2 Å². The standard InChI is InChI=1S/C23H23N3O4S/c1-5-7-10-17-18-15-16(13-14-21(18)30-20(17)6-2)23(27)24-25-31(28,29)22-12-9-8-11-19(22)26(3)4/h2,7-15,25H,5H2,1,3-4H3,(H,24,27)/b10-7-. The molecule has 0 atom stereocenters. The molecule has 1 amide bonds. The number of hydrazine groups is 1. The minimum absolute atomic E-state index is 0.0521. The number of para-hydroxylation sites is 1. The molecule has 7 nitrogen and oxygen atoms in total. The van der Waals surface area contributed by atoms with Gasteiger partial charge in [0.15, 0.2) is 5.76 Å². The first kappa shape index (κ1) is 22.2. The van der Waals surface area contributed by atoms with Gasteiger partial charge in [0.25, 0.3) is 15.9 Å². The highest BCUT2D eigenvalue weighted by atomic mass is 32.2. The molecule has 1 aromatic heterocycles. The van der Waals surface area contributed by atoms with E-state index in [-0.39, 0.29) is 10.5 Å². The number of amides is 1. The van der Waals surface area contributed by atoms with Gasteiger partial charge in [-0.1, -0.05) is 31.2 Å². The van der Waals surface area contributed by atoms with E-state index < -0.39 is 15.9 Å². The molecule has 2 aromatic carbocycles. The number of allylic oxidation sites excluding steroid dienone is 1. The van der Waals surface area contributed by atoms with Crippen LogP contribution in [0.3, 0.4) is 0 Å². The fourth-order valence-corrected chi connectivity index (χ4v) is 4.18. The van der Waals surface area contributed by atoms with E-state index in [1.165, 1.54) is 12.1 Å². The summed E-state index contributed by atoms with van der Waals surface area (Å²) in [5.41, 5.74) is 4.27. The zero-order valence-electron chi connectivity index (χ0n) is 17.5. The molecule has 0 bridgehead atoms. The predicted molar refractivity (Wildman–Crippen MR) is 122 cm³/mol. The van der Waals surface area contributed by atoms with Gasteiger partial charge < -0.3 is 9.32 Å². The Bertz CT molecular complexity index is 1300. The van der Waals surface area contributed by atoms with Crippen molar-refractivity contribution in [2.75, 3.05) is 19.0 Å². The second-order valence-electron chi connectivity index (χ2n) is 6.93. The van der Waals surface area contributed by atoms with Crippen molar-refractivity contribution in [2.45, 2.75) is 18.2 Å². The highest BCUT2D eigenvalue weighted by molar-refractivity contribution is 7.89. The summed E-state index contributed by atoms with van der Waals surface area (Å²) < 4.78 is 31.1. The molecule has 0 aliphatic heterocycles. The number of anilines is 1. The molecule has 0 aliphatic carbocycles. The second kappa shape index (κ2) is 9.08. The molecule has 0 saturated carbocycles. The number of carbonyl (C=O) groups excluding carboxylic acids is 1. The fraction of sp³-hybridized carbons (Fsp3) is 0.174. The van der Waals surface area contributed by atoms with Gasteiger partial charge in [0, 0.05) is 30.6 Å². The van der Waals surface area contributed by atoms with E-state index in [1.807, 2.05) is 19.1 Å². The van der Waals surface area contributed by atoms with Gasteiger partial charge in [-0.2, -0.15) is 0 Å². The Hall–Kier alpha value is -3.54. The zero-order chi connectivity index (χ0) is 22.6. The van der Waals surface area contributed by atoms with E-state index >= 15 is 0 Å². The second-order valence-corrected chi connectivity index (χ2v) is 8.58. The predicted octanol–water partition coefficient (Wildman–Crippen LogP) is 3.53. The highest BCUT2D eigenvalue weighted by Crippen LogP contribution is 2.28. The lowest BCUT2D eigenvalue weighted by atomic mass is 10.1. The van der Waals surface area contributed by atoms with Gasteiger partial charge >= 0.3 is 0 Å². The van der Waals surface area contributed by atoms with Crippen molar-refractivity contribution < 1.29 is 17.6 Å². The van der Waals surface area contributed by atoms with Crippen molar-refractivity contribution in [2.24, 2.45) is 0 Å². The minimum Gasteiger partial charge on any atom is -0.447 e. The smallest absolute Gasteiger partial charge is 0.266 e. The summed E-state index contributed by atoms with van der Waals surface area (Å²) in [7, 11) is -0.505. The minimum atomic E-state index is -3.98. The Labute approximate surface area is 181 Å². The van der Waals surface area contributed by atoms with Crippen molar-refractivity contribution in [1.82, 2.24) is 10.3 Å². The third-order valence-electron chi connectivity index (χ3n) is 4.58. The molecule has 0 unspecified atom stereocenters. The molecule has 0 saturated heterocycles. The molecular formula is C23H23N3O4S. The van der Waals surface area contributed by atoms with E-state index in [1.54, 1.807) is 49.3 Å². The van der Waals surface area contributed by atoms with Crippen LogP contribution < -0.4 is 15.2 Å². The van der Waals surface area contributed by atoms with E-state index in [0.717, 1.165) is 6.42 Å². The maximum Gasteiger partial charge on any atom is 0.266 e. The van der Waals surface area contributed by atoms with Crippen molar-refractivity contribution in [1.29, 1.82) is 0 Å². The number of furan rings is 1. The number of hydrogen-bond donors (Lipinski definition) is 2. The van der Waals surface area contributed by atoms with E-state index in [2.05, 4.69) is 16.2 Å². The van der Waals surface area contributed by atoms with Crippen LogP contribution in [0.5, 0.6) is 0 Å². The molecule has 0 fully saturated rings. The number of sulfonamides is 1. The number of fused-ring (bicyclic) bond motifs is 1. The fourth-order valence-electron chi connectivity index (χ4n) is 3.06. The van der Waals surface area contributed by atoms with Crippen molar-refractivity contribution in [3.05, 3.63) is 65.4 Å². The van der Waals surface area contributed by atoms with Crippen LogP contribution in [0.2, 0.25) is 0 Å². The lowest BCUT2D eigenvalue weighted by Crippen LogP contribution is -2.41. The number of nitrogens with one attached hydrogen (secondary N) is 2. The molecule has 2 N–H and O–H groups in total. The maximum atomic E-state index is 12.7. The molecule has 1 heterocycles. The Morgan fingerprint density at radius 1 is 1.23 bits per heavy atom. The number of nitrogens with zero attached hydrogens (tertiary/aromatic N) is 1. The number of hydrogen-bond acceptors (Lipinski definition) is 5. The number of rotatable bonds is 7. The van der Waals surface area contributed by atoms with Crippen LogP contribution in [0.25, 0.3) is 17.0 Å². The summed E-state index contributed by atoms with van der Waals surface area (Å²) in [4.78, 5) is 16.5. The zero-order valence-corrected chi connectivity index (χ0v) is 18.3. The van der Waals surface area contributed by atoms with Crippen LogP contribution in [0.1, 0.15) is 35.0 Å². The molecule has 3 aromatic rings. The van der Waals surface area contributed by atoms with Crippen LogP contribution in [0, 0.1) is 12.3 Å².